The molecule has 1 fully saturated rings. The van der Waals surface area contributed by atoms with Crippen molar-refractivity contribution in [1.29, 1.82) is 0 Å². The number of carbonyl (C=O) groups is 3. The van der Waals surface area contributed by atoms with Gasteiger partial charge in [0.25, 0.3) is 0 Å². The number of aliphatic hydroxyl groups is 1. The molecule has 152 valence electrons. The number of rotatable bonds is 4. The maximum Gasteiger partial charge on any atom is 0.308 e. The molecule has 0 aromatic carbocycles. The van der Waals surface area contributed by atoms with E-state index in [9.17, 15) is 19.5 Å². The second-order valence-electron chi connectivity index (χ2n) is 9.27. The Balaban J connectivity index is 2.54. The Morgan fingerprint density at radius 1 is 1.30 bits per heavy atom. The number of Topliss-reactive ketones (excluding diaryl/α,β-unsaturated/α-hetero) is 1. The van der Waals surface area contributed by atoms with Gasteiger partial charge in [0.2, 0.25) is 0 Å². The molecule has 6 nitrogen and oxygen atoms in total. The average molecular weight is 380 g/mol. The molecule has 4 atom stereocenters. The van der Waals surface area contributed by atoms with Gasteiger partial charge in [-0.3, -0.25) is 14.4 Å². The quantitative estimate of drug-likeness (QED) is 0.754. The molecule has 0 bridgehead atoms. The number of hydrogen-bond donors (Lipinski definition) is 1. The van der Waals surface area contributed by atoms with E-state index in [0.29, 0.717) is 18.4 Å². The highest BCUT2D eigenvalue weighted by molar-refractivity contribution is 5.98. The second kappa shape index (κ2) is 7.04. The molecule has 0 radical (unpaired) electrons. The van der Waals surface area contributed by atoms with Crippen molar-refractivity contribution in [1.82, 2.24) is 0 Å². The summed E-state index contributed by atoms with van der Waals surface area (Å²) in [4.78, 5) is 36.8. The van der Waals surface area contributed by atoms with E-state index in [1.54, 1.807) is 40.7 Å². The van der Waals surface area contributed by atoms with E-state index in [1.165, 1.54) is 6.92 Å². The van der Waals surface area contributed by atoms with Gasteiger partial charge in [0.1, 0.15) is 6.10 Å². The number of ketones is 1. The zero-order chi connectivity index (χ0) is 20.8. The van der Waals surface area contributed by atoms with Crippen molar-refractivity contribution >= 4 is 17.7 Å². The molecule has 0 amide bonds. The van der Waals surface area contributed by atoms with Crippen molar-refractivity contribution in [2.24, 2.45) is 17.3 Å². The van der Waals surface area contributed by atoms with Crippen LogP contribution < -0.4 is 0 Å². The Labute approximate surface area is 161 Å². The van der Waals surface area contributed by atoms with Crippen LogP contribution in [0.25, 0.3) is 0 Å². The molecular formula is C21H32O6. The van der Waals surface area contributed by atoms with Gasteiger partial charge in [-0.15, -0.1) is 0 Å². The van der Waals surface area contributed by atoms with Crippen LogP contribution in [0.4, 0.5) is 0 Å². The summed E-state index contributed by atoms with van der Waals surface area (Å²) in [5.74, 6) is -1.56. The molecule has 2 aliphatic rings. The number of hydrogen-bond acceptors (Lipinski definition) is 6. The van der Waals surface area contributed by atoms with E-state index >= 15 is 0 Å². The van der Waals surface area contributed by atoms with E-state index in [4.69, 9.17) is 9.47 Å². The van der Waals surface area contributed by atoms with Crippen LogP contribution in [0, 0.1) is 17.3 Å². The van der Waals surface area contributed by atoms with Gasteiger partial charge in [0.15, 0.2) is 11.4 Å². The molecular weight excluding hydrogens is 348 g/mol. The van der Waals surface area contributed by atoms with E-state index in [-0.39, 0.29) is 30.0 Å². The molecule has 0 aromatic rings. The fourth-order valence-electron chi connectivity index (χ4n) is 4.52. The Morgan fingerprint density at radius 3 is 2.37 bits per heavy atom. The van der Waals surface area contributed by atoms with Crippen molar-refractivity contribution in [2.45, 2.75) is 85.0 Å². The third-order valence-corrected chi connectivity index (χ3v) is 5.94. The SMILES string of the molecule is CC(=O)O[C@@]1(C)[C@@H]2C=C(C(C)(C)O)C(=O)C[C@@]2(C)CC[C@H]1OC(=O)C(C)C. The Bertz CT molecular complexity index is 671. The summed E-state index contributed by atoms with van der Waals surface area (Å²) in [5, 5.41) is 10.4. The van der Waals surface area contributed by atoms with E-state index < -0.39 is 28.7 Å². The van der Waals surface area contributed by atoms with Gasteiger partial charge in [0.05, 0.1) is 11.5 Å². The van der Waals surface area contributed by atoms with Gasteiger partial charge in [-0.25, -0.2) is 0 Å². The molecule has 6 heteroatoms. The first-order chi connectivity index (χ1) is 12.2. The van der Waals surface area contributed by atoms with Gasteiger partial charge in [-0.2, -0.15) is 0 Å². The average Bonchev–Trinajstić information content (AvgIpc) is 2.47. The minimum absolute atomic E-state index is 0.0935. The molecule has 0 heterocycles. The van der Waals surface area contributed by atoms with Crippen LogP contribution in [0.2, 0.25) is 0 Å². The highest BCUT2D eigenvalue weighted by Crippen LogP contribution is 2.55. The lowest BCUT2D eigenvalue weighted by Gasteiger charge is -2.55. The van der Waals surface area contributed by atoms with Gasteiger partial charge in [-0.05, 0) is 39.0 Å². The predicted molar refractivity (Wildman–Crippen MR) is 99.7 cm³/mol. The molecule has 2 aliphatic carbocycles. The number of fused-ring (bicyclic) bond motifs is 1. The molecule has 0 aromatic heterocycles. The second-order valence-corrected chi connectivity index (χ2v) is 9.27. The van der Waals surface area contributed by atoms with Gasteiger partial charge in [-0.1, -0.05) is 26.8 Å². The summed E-state index contributed by atoms with van der Waals surface area (Å²) in [6.45, 7) is 11.7. The minimum atomic E-state index is -1.29. The molecule has 1 saturated carbocycles. The topological polar surface area (TPSA) is 89.9 Å². The maximum absolute atomic E-state index is 12.7. The number of carbonyl (C=O) groups excluding carboxylic acids is 3. The smallest absolute Gasteiger partial charge is 0.308 e. The summed E-state index contributed by atoms with van der Waals surface area (Å²) in [5.41, 5.74) is -2.52. The van der Waals surface area contributed by atoms with Gasteiger partial charge >= 0.3 is 11.9 Å². The molecule has 0 spiro atoms. The van der Waals surface area contributed by atoms with Crippen LogP contribution in [-0.2, 0) is 23.9 Å². The lowest BCUT2D eigenvalue weighted by molar-refractivity contribution is -0.212. The normalized spacial score (nSPS) is 34.0. The molecule has 0 aliphatic heterocycles. The van der Waals surface area contributed by atoms with Gasteiger partial charge < -0.3 is 14.6 Å². The first kappa shape index (κ1) is 21.6. The summed E-state index contributed by atoms with van der Waals surface area (Å²) in [7, 11) is 0. The molecule has 0 unspecified atom stereocenters. The van der Waals surface area contributed by atoms with Crippen LogP contribution >= 0.6 is 0 Å². The Kier molecular flexibility index (Phi) is 5.64. The van der Waals surface area contributed by atoms with Crippen molar-refractivity contribution in [3.05, 3.63) is 11.6 Å². The van der Waals surface area contributed by atoms with E-state index in [2.05, 4.69) is 0 Å². The van der Waals surface area contributed by atoms with Crippen LogP contribution in [-0.4, -0.2) is 40.1 Å². The van der Waals surface area contributed by atoms with Crippen molar-refractivity contribution in [3.8, 4) is 0 Å². The standard InChI is InChI=1S/C21H32O6/c1-12(2)18(24)26-17-8-9-20(6)11-15(23)14(19(4,5)25)10-16(20)21(17,7)27-13(3)22/h10,12,16-17,25H,8-9,11H2,1-7H3/t16-,17-,20-,21+/m1/s1. The number of ether oxygens (including phenoxy) is 2. The maximum atomic E-state index is 12.7. The lowest BCUT2D eigenvalue weighted by Crippen LogP contribution is -2.61. The summed E-state index contributed by atoms with van der Waals surface area (Å²) in [6, 6.07) is 0. The lowest BCUT2D eigenvalue weighted by atomic mass is 9.54. The van der Waals surface area contributed by atoms with Crippen LogP contribution in [0.1, 0.15) is 67.7 Å². The minimum Gasteiger partial charge on any atom is -0.458 e. The number of esters is 2. The molecule has 27 heavy (non-hydrogen) atoms. The zero-order valence-electron chi connectivity index (χ0n) is 17.4. The van der Waals surface area contributed by atoms with Crippen molar-refractivity contribution in [3.63, 3.8) is 0 Å². The molecule has 0 saturated heterocycles. The first-order valence-electron chi connectivity index (χ1n) is 9.58. The highest BCUT2D eigenvalue weighted by atomic mass is 16.6. The van der Waals surface area contributed by atoms with Crippen LogP contribution in [0.3, 0.4) is 0 Å². The largest absolute Gasteiger partial charge is 0.458 e. The van der Waals surface area contributed by atoms with Crippen molar-refractivity contribution < 1.29 is 29.0 Å². The van der Waals surface area contributed by atoms with E-state index in [1.807, 2.05) is 6.92 Å². The fraction of sp³-hybridized carbons (Fsp3) is 0.762. The highest BCUT2D eigenvalue weighted by Gasteiger charge is 2.59. The monoisotopic (exact) mass is 380 g/mol. The summed E-state index contributed by atoms with van der Waals surface area (Å²) in [6.07, 6.45) is 2.56. The summed E-state index contributed by atoms with van der Waals surface area (Å²) >= 11 is 0. The zero-order valence-corrected chi connectivity index (χ0v) is 17.4. The fourth-order valence-corrected chi connectivity index (χ4v) is 4.52. The third kappa shape index (κ3) is 4.10. The van der Waals surface area contributed by atoms with Crippen LogP contribution in [0.5, 0.6) is 0 Å². The molecule has 2 rings (SSSR count). The molecule has 1 N–H and O–H groups in total. The third-order valence-electron chi connectivity index (χ3n) is 5.94. The van der Waals surface area contributed by atoms with Crippen molar-refractivity contribution in [2.75, 3.05) is 0 Å². The Hall–Kier alpha value is -1.69. The first-order valence-corrected chi connectivity index (χ1v) is 9.58. The summed E-state index contributed by atoms with van der Waals surface area (Å²) < 4.78 is 11.5. The van der Waals surface area contributed by atoms with Gasteiger partial charge in [0, 0.05) is 24.8 Å². The van der Waals surface area contributed by atoms with E-state index in [0.717, 1.165) is 0 Å². The van der Waals surface area contributed by atoms with Crippen LogP contribution in [0.15, 0.2) is 11.6 Å². The predicted octanol–water partition coefficient (Wildman–Crippen LogP) is 2.96. The Morgan fingerprint density at radius 2 is 1.89 bits per heavy atom.